The molecule has 0 bridgehead atoms. The van der Waals surface area contributed by atoms with Gasteiger partial charge in [-0.25, -0.2) is 0 Å². The lowest BCUT2D eigenvalue weighted by Gasteiger charge is -2.12. The zero-order valence-corrected chi connectivity index (χ0v) is 7.83. The molecule has 0 heterocycles. The van der Waals surface area contributed by atoms with Crippen molar-refractivity contribution in [3.05, 3.63) is 28.3 Å². The number of hydrogen-bond acceptors (Lipinski definition) is 3. The Bertz CT molecular complexity index is 318. The van der Waals surface area contributed by atoms with Gasteiger partial charge < -0.3 is 15.3 Å². The zero-order chi connectivity index (χ0) is 10.0. The fraction of sp³-hybridized carbons (Fsp3) is 0.400. The number of hydrogen-bond donors (Lipinski definition) is 3. The van der Waals surface area contributed by atoms with Crippen molar-refractivity contribution in [1.29, 1.82) is 0 Å². The van der Waals surface area contributed by atoms with Crippen LogP contribution in [-0.4, -0.2) is 15.3 Å². The monoisotopic (exact) mass is 182 g/mol. The van der Waals surface area contributed by atoms with E-state index in [1.807, 2.05) is 6.92 Å². The first-order valence-electron chi connectivity index (χ1n) is 4.14. The van der Waals surface area contributed by atoms with Crippen molar-refractivity contribution in [3.63, 3.8) is 0 Å². The highest BCUT2D eigenvalue weighted by Gasteiger charge is 2.11. The molecule has 0 aliphatic rings. The molecule has 0 aromatic heterocycles. The molecule has 1 aromatic rings. The Labute approximate surface area is 77.3 Å². The number of rotatable bonds is 2. The molecule has 0 radical (unpaired) electrons. The normalized spacial score (nSPS) is 10.5. The van der Waals surface area contributed by atoms with Crippen molar-refractivity contribution >= 4 is 0 Å². The molecule has 3 heteroatoms. The molecule has 0 aliphatic heterocycles. The third-order valence-electron chi connectivity index (χ3n) is 2.25. The summed E-state index contributed by atoms with van der Waals surface area (Å²) >= 11 is 0. The van der Waals surface area contributed by atoms with E-state index in [0.717, 1.165) is 11.1 Å². The molecule has 1 aromatic carbocycles. The highest BCUT2D eigenvalue weighted by Crippen LogP contribution is 2.28. The Hall–Kier alpha value is -1.06. The molecule has 0 amide bonds. The van der Waals surface area contributed by atoms with Gasteiger partial charge in [-0.2, -0.15) is 0 Å². The minimum absolute atomic E-state index is 0.0807. The molecular weight excluding hydrogens is 168 g/mol. The number of aliphatic hydroxyl groups is 2. The van der Waals surface area contributed by atoms with Crippen LogP contribution in [0.25, 0.3) is 0 Å². The molecule has 0 aliphatic carbocycles. The van der Waals surface area contributed by atoms with Gasteiger partial charge in [-0.05, 0) is 30.5 Å². The van der Waals surface area contributed by atoms with Gasteiger partial charge in [0.15, 0.2) is 0 Å². The van der Waals surface area contributed by atoms with E-state index >= 15 is 0 Å². The van der Waals surface area contributed by atoms with E-state index in [2.05, 4.69) is 0 Å². The van der Waals surface area contributed by atoms with Gasteiger partial charge in [0.2, 0.25) is 0 Å². The minimum atomic E-state index is -0.246. The number of phenols is 1. The van der Waals surface area contributed by atoms with Crippen molar-refractivity contribution in [2.75, 3.05) is 0 Å². The predicted octanol–water partition coefficient (Wildman–Crippen LogP) is 0.994. The molecule has 3 nitrogen and oxygen atoms in total. The maximum atomic E-state index is 9.56. The van der Waals surface area contributed by atoms with Crippen LogP contribution >= 0.6 is 0 Å². The van der Waals surface area contributed by atoms with E-state index in [9.17, 15) is 5.11 Å². The van der Waals surface area contributed by atoms with Crippen LogP contribution in [0.5, 0.6) is 5.75 Å². The van der Waals surface area contributed by atoms with Crippen LogP contribution in [-0.2, 0) is 13.2 Å². The van der Waals surface area contributed by atoms with Gasteiger partial charge in [-0.3, -0.25) is 0 Å². The Balaban J connectivity index is 3.41. The Morgan fingerprint density at radius 2 is 1.54 bits per heavy atom. The third kappa shape index (κ3) is 1.66. The summed E-state index contributed by atoms with van der Waals surface area (Å²) < 4.78 is 0. The van der Waals surface area contributed by atoms with Gasteiger partial charge in [-0.1, -0.05) is 6.07 Å². The highest BCUT2D eigenvalue weighted by atomic mass is 16.3. The van der Waals surface area contributed by atoms with Gasteiger partial charge in [-0.15, -0.1) is 0 Å². The van der Waals surface area contributed by atoms with Crippen LogP contribution in [0, 0.1) is 13.8 Å². The number of benzene rings is 1. The summed E-state index contributed by atoms with van der Waals surface area (Å²) in [4.78, 5) is 0. The maximum Gasteiger partial charge on any atom is 0.124 e. The van der Waals surface area contributed by atoms with Crippen molar-refractivity contribution in [2.45, 2.75) is 27.1 Å². The standard InChI is InChI=1S/C10H14O3/c1-6-3-7(2)10(13)9(5-12)8(6)4-11/h3,11-13H,4-5H2,1-2H3. The number of aromatic hydroxyl groups is 1. The Kier molecular flexibility index (Phi) is 2.90. The van der Waals surface area contributed by atoms with Crippen LogP contribution in [0.15, 0.2) is 6.07 Å². The van der Waals surface area contributed by atoms with Gasteiger partial charge in [0, 0.05) is 5.56 Å². The summed E-state index contributed by atoms with van der Waals surface area (Å²) in [5, 5.41) is 27.6. The first-order chi connectivity index (χ1) is 6.11. The largest absolute Gasteiger partial charge is 0.507 e. The summed E-state index contributed by atoms with van der Waals surface area (Å²) in [6, 6.07) is 1.79. The minimum Gasteiger partial charge on any atom is -0.507 e. The van der Waals surface area contributed by atoms with Gasteiger partial charge in [0.1, 0.15) is 5.75 Å². The SMILES string of the molecule is Cc1cc(C)c(CO)c(CO)c1O. The molecule has 0 saturated carbocycles. The molecule has 13 heavy (non-hydrogen) atoms. The van der Waals surface area contributed by atoms with Crippen LogP contribution < -0.4 is 0 Å². The van der Waals surface area contributed by atoms with Crippen LogP contribution in [0.1, 0.15) is 22.3 Å². The van der Waals surface area contributed by atoms with Gasteiger partial charge in [0.05, 0.1) is 13.2 Å². The van der Waals surface area contributed by atoms with Crippen molar-refractivity contribution in [1.82, 2.24) is 0 Å². The van der Waals surface area contributed by atoms with Crippen molar-refractivity contribution < 1.29 is 15.3 Å². The lowest BCUT2D eigenvalue weighted by Crippen LogP contribution is -1.99. The molecular formula is C10H14O3. The van der Waals surface area contributed by atoms with Crippen molar-refractivity contribution in [3.8, 4) is 5.75 Å². The van der Waals surface area contributed by atoms with Gasteiger partial charge >= 0.3 is 0 Å². The average molecular weight is 182 g/mol. The molecule has 0 unspecified atom stereocenters. The fourth-order valence-electron chi connectivity index (χ4n) is 1.49. The van der Waals surface area contributed by atoms with Crippen LogP contribution in [0.4, 0.5) is 0 Å². The van der Waals surface area contributed by atoms with Crippen LogP contribution in [0.3, 0.4) is 0 Å². The van der Waals surface area contributed by atoms with E-state index in [1.165, 1.54) is 0 Å². The fourth-order valence-corrected chi connectivity index (χ4v) is 1.49. The zero-order valence-electron chi connectivity index (χ0n) is 7.83. The smallest absolute Gasteiger partial charge is 0.124 e. The molecule has 0 saturated heterocycles. The van der Waals surface area contributed by atoms with Gasteiger partial charge in [0.25, 0.3) is 0 Å². The predicted molar refractivity (Wildman–Crippen MR) is 49.4 cm³/mol. The molecule has 3 N–H and O–H groups in total. The van der Waals surface area contributed by atoms with E-state index < -0.39 is 0 Å². The van der Waals surface area contributed by atoms with Crippen LogP contribution in [0.2, 0.25) is 0 Å². The summed E-state index contributed by atoms with van der Waals surface area (Å²) in [6.45, 7) is 3.21. The molecule has 72 valence electrons. The highest BCUT2D eigenvalue weighted by molar-refractivity contribution is 5.48. The second kappa shape index (κ2) is 3.77. The number of aryl methyl sites for hydroxylation is 2. The first-order valence-corrected chi connectivity index (χ1v) is 4.14. The molecule has 0 fully saturated rings. The summed E-state index contributed by atoms with van der Waals surface area (Å²) in [5.41, 5.74) is 2.66. The summed E-state index contributed by atoms with van der Waals surface area (Å²) in [5.74, 6) is 0.0807. The van der Waals surface area contributed by atoms with E-state index in [4.69, 9.17) is 10.2 Å². The number of aliphatic hydroxyl groups excluding tert-OH is 2. The topological polar surface area (TPSA) is 60.7 Å². The average Bonchev–Trinajstić information content (AvgIpc) is 2.10. The second-order valence-electron chi connectivity index (χ2n) is 3.13. The van der Waals surface area contributed by atoms with E-state index in [0.29, 0.717) is 11.1 Å². The van der Waals surface area contributed by atoms with E-state index in [1.54, 1.807) is 13.0 Å². The first kappa shape index (κ1) is 10.0. The molecule has 1 rings (SSSR count). The lowest BCUT2D eigenvalue weighted by atomic mass is 9.98. The Morgan fingerprint density at radius 3 is 2.00 bits per heavy atom. The Morgan fingerprint density at radius 1 is 1.00 bits per heavy atom. The third-order valence-corrected chi connectivity index (χ3v) is 2.25. The van der Waals surface area contributed by atoms with E-state index in [-0.39, 0.29) is 19.0 Å². The van der Waals surface area contributed by atoms with Crippen molar-refractivity contribution in [2.24, 2.45) is 0 Å². The summed E-state index contributed by atoms with van der Waals surface area (Å²) in [6.07, 6.45) is 0. The lowest BCUT2D eigenvalue weighted by molar-refractivity contribution is 0.254. The maximum absolute atomic E-state index is 9.56. The molecule has 0 atom stereocenters. The molecule has 0 spiro atoms. The summed E-state index contributed by atoms with van der Waals surface area (Å²) in [7, 11) is 0. The second-order valence-corrected chi connectivity index (χ2v) is 3.13. The quantitative estimate of drug-likeness (QED) is 0.639.